The molecule has 10 nitrogen and oxygen atoms in total. The number of carbonyl (C=O) groups is 4. The largest absolute Gasteiger partial charge is 1.00 e. The lowest BCUT2D eigenvalue weighted by atomic mass is 10.0. The number of hydrogen-bond acceptors (Lipinski definition) is 4. The van der Waals surface area contributed by atoms with Crippen molar-refractivity contribution in [3.8, 4) is 0 Å². The summed E-state index contributed by atoms with van der Waals surface area (Å²) < 4.78 is 1.76. The van der Waals surface area contributed by atoms with E-state index >= 15 is 0 Å². The first kappa shape index (κ1) is 44.9. The van der Waals surface area contributed by atoms with Crippen LogP contribution in [0.2, 0.25) is 0 Å². The van der Waals surface area contributed by atoms with Crippen molar-refractivity contribution in [1.29, 1.82) is 0 Å². The van der Waals surface area contributed by atoms with E-state index in [2.05, 4.69) is 63.6 Å². The van der Waals surface area contributed by atoms with Crippen LogP contribution in [0.15, 0.2) is 72.8 Å². The molecule has 4 N–H and O–H groups in total. The number of halogens is 2. The SMILES string of the molecule is C[N+](C)(C)CCCCC(=O)Cc1ccc(CNC(=O)c2ccc(C(=O)NCc3ccc(NC(=O)NCCC[N+](C)(C)C)cc3)cc2)cc1.[I-].[I-]. The highest BCUT2D eigenvalue weighted by molar-refractivity contribution is 5.97. The van der Waals surface area contributed by atoms with Crippen molar-refractivity contribution in [2.24, 2.45) is 0 Å². The minimum atomic E-state index is -0.250. The highest BCUT2D eigenvalue weighted by Crippen LogP contribution is 2.12. The van der Waals surface area contributed by atoms with Gasteiger partial charge in [0.05, 0.1) is 55.4 Å². The summed E-state index contributed by atoms with van der Waals surface area (Å²) in [5.74, 6) is -0.234. The van der Waals surface area contributed by atoms with Gasteiger partial charge in [0.25, 0.3) is 11.8 Å². The van der Waals surface area contributed by atoms with Gasteiger partial charge in [0, 0.05) is 55.7 Å². The van der Waals surface area contributed by atoms with Gasteiger partial charge in [0.15, 0.2) is 0 Å². The first-order valence-corrected chi connectivity index (χ1v) is 16.7. The standard InChI is InChI=1S/C38H52N6O4.2HI/c1-43(2,3)24-8-7-10-35(45)26-29-11-13-30(14-12-29)27-40-36(46)32-17-19-33(20-18-32)37(47)41-28-31-15-21-34(22-16-31)42-38(48)39-23-9-25-44(4,5)6;;/h11-22H,7-10,23-28H2,1-6H3,(H2-2,39,40,41,42,46,47,48);2*1H. The summed E-state index contributed by atoms with van der Waals surface area (Å²) in [7, 11) is 12.8. The van der Waals surface area contributed by atoms with Crippen LogP contribution in [0.1, 0.15) is 63.1 Å². The van der Waals surface area contributed by atoms with E-state index in [1.54, 1.807) is 36.4 Å². The fourth-order valence-electron chi connectivity index (χ4n) is 4.98. The summed E-state index contributed by atoms with van der Waals surface area (Å²) in [4.78, 5) is 49.9. The molecule has 0 aromatic heterocycles. The average Bonchev–Trinajstić information content (AvgIpc) is 3.03. The van der Waals surface area contributed by atoms with Crippen LogP contribution in [0.25, 0.3) is 0 Å². The third-order valence-electron chi connectivity index (χ3n) is 7.78. The van der Waals surface area contributed by atoms with Crippen LogP contribution in [0, 0.1) is 0 Å². The summed E-state index contributed by atoms with van der Waals surface area (Å²) in [6.07, 6.45) is 3.88. The molecule has 4 amide bonds. The van der Waals surface area contributed by atoms with Crippen molar-refractivity contribution in [3.63, 3.8) is 0 Å². The van der Waals surface area contributed by atoms with Crippen molar-refractivity contribution in [2.45, 2.75) is 45.2 Å². The number of nitrogens with one attached hydrogen (secondary N) is 4. The Hall–Kier alpha value is -3.08. The summed E-state index contributed by atoms with van der Waals surface area (Å²) >= 11 is 0. The lowest BCUT2D eigenvalue weighted by molar-refractivity contribution is -0.870. The second-order valence-corrected chi connectivity index (χ2v) is 14.4. The minimum Gasteiger partial charge on any atom is -1.00 e. The second-order valence-electron chi connectivity index (χ2n) is 14.4. The van der Waals surface area contributed by atoms with E-state index in [9.17, 15) is 19.2 Å². The van der Waals surface area contributed by atoms with Crippen molar-refractivity contribution >= 4 is 29.3 Å². The lowest BCUT2D eigenvalue weighted by Gasteiger charge is -2.23. The molecule has 0 bridgehead atoms. The Kier molecular flexibility index (Phi) is 19.8. The van der Waals surface area contributed by atoms with Gasteiger partial charge in [0.1, 0.15) is 5.78 Å². The number of anilines is 1. The molecule has 0 aliphatic carbocycles. The average molecular weight is 913 g/mol. The van der Waals surface area contributed by atoms with Gasteiger partial charge in [-0.3, -0.25) is 14.4 Å². The minimum absolute atomic E-state index is 0. The maximum atomic E-state index is 12.7. The van der Waals surface area contributed by atoms with E-state index < -0.39 is 0 Å². The van der Waals surface area contributed by atoms with Crippen LogP contribution in [0.5, 0.6) is 0 Å². The maximum Gasteiger partial charge on any atom is 0.319 e. The number of quaternary nitrogens is 2. The van der Waals surface area contributed by atoms with Gasteiger partial charge in [-0.2, -0.15) is 0 Å². The molecule has 12 heteroatoms. The van der Waals surface area contributed by atoms with Gasteiger partial charge in [-0.15, -0.1) is 0 Å². The number of benzene rings is 3. The van der Waals surface area contributed by atoms with E-state index in [4.69, 9.17) is 0 Å². The molecule has 0 spiro atoms. The molecule has 0 unspecified atom stereocenters. The van der Waals surface area contributed by atoms with Gasteiger partial charge in [-0.25, -0.2) is 4.79 Å². The first-order chi connectivity index (χ1) is 22.7. The zero-order valence-corrected chi connectivity index (χ0v) is 34.6. The van der Waals surface area contributed by atoms with E-state index in [0.29, 0.717) is 49.3 Å². The van der Waals surface area contributed by atoms with E-state index in [-0.39, 0.29) is 71.6 Å². The molecule has 0 saturated carbocycles. The summed E-state index contributed by atoms with van der Waals surface area (Å²) in [5, 5.41) is 11.5. The first-order valence-electron chi connectivity index (χ1n) is 16.7. The molecule has 3 aromatic carbocycles. The number of rotatable bonds is 18. The Morgan fingerprint density at radius 2 is 0.980 bits per heavy atom. The predicted molar refractivity (Wildman–Crippen MR) is 192 cm³/mol. The molecule has 274 valence electrons. The third kappa shape index (κ3) is 18.2. The van der Waals surface area contributed by atoms with E-state index in [1.165, 1.54) is 0 Å². The molecule has 0 heterocycles. The zero-order chi connectivity index (χ0) is 35.2. The lowest BCUT2D eigenvalue weighted by Crippen LogP contribution is -3.00. The fraction of sp³-hybridized carbons (Fsp3) is 0.421. The van der Waals surface area contributed by atoms with Crippen LogP contribution < -0.4 is 69.2 Å². The molecular formula is C38H54I2N6O4. The third-order valence-corrected chi connectivity index (χ3v) is 7.78. The number of unbranched alkanes of at least 4 members (excludes halogenated alkanes) is 1. The smallest absolute Gasteiger partial charge is 0.319 e. The van der Waals surface area contributed by atoms with Crippen LogP contribution in [0.4, 0.5) is 10.5 Å². The molecule has 0 fully saturated rings. The number of nitrogens with zero attached hydrogens (tertiary/aromatic N) is 2. The van der Waals surface area contributed by atoms with Crippen LogP contribution in [0.3, 0.4) is 0 Å². The molecular weight excluding hydrogens is 858 g/mol. The topological polar surface area (TPSA) is 116 Å². The quantitative estimate of drug-likeness (QED) is 0.0728. The van der Waals surface area contributed by atoms with Crippen LogP contribution >= 0.6 is 0 Å². The number of hydrogen-bond donors (Lipinski definition) is 4. The van der Waals surface area contributed by atoms with Crippen LogP contribution in [-0.2, 0) is 24.3 Å². The normalized spacial score (nSPS) is 11.0. The molecule has 0 radical (unpaired) electrons. The van der Waals surface area contributed by atoms with Crippen molar-refractivity contribution in [1.82, 2.24) is 16.0 Å². The number of urea groups is 1. The number of carbonyl (C=O) groups excluding carboxylic acids is 4. The molecule has 0 saturated heterocycles. The van der Waals surface area contributed by atoms with Gasteiger partial charge in [0.2, 0.25) is 0 Å². The highest BCUT2D eigenvalue weighted by Gasteiger charge is 2.12. The van der Waals surface area contributed by atoms with Gasteiger partial charge >= 0.3 is 6.03 Å². The van der Waals surface area contributed by atoms with Gasteiger partial charge in [-0.1, -0.05) is 36.4 Å². The summed E-state index contributed by atoms with van der Waals surface area (Å²) in [6, 6.07) is 21.3. The Bertz CT molecular complexity index is 1390. The number of amides is 4. The summed E-state index contributed by atoms with van der Waals surface area (Å²) in [6.45, 7) is 3.32. The molecule has 0 atom stereocenters. The Labute approximate surface area is 332 Å². The Balaban J connectivity index is 0.00000625. The predicted octanol–water partition coefficient (Wildman–Crippen LogP) is -1.24. The summed E-state index contributed by atoms with van der Waals surface area (Å²) in [5.41, 5.74) is 4.38. The van der Waals surface area contributed by atoms with E-state index in [0.717, 1.165) is 58.0 Å². The zero-order valence-electron chi connectivity index (χ0n) is 30.3. The Morgan fingerprint density at radius 1 is 0.540 bits per heavy atom. The van der Waals surface area contributed by atoms with E-state index in [1.807, 2.05) is 36.4 Å². The Morgan fingerprint density at radius 3 is 1.46 bits per heavy atom. The maximum absolute atomic E-state index is 12.7. The highest BCUT2D eigenvalue weighted by atomic mass is 127. The second kappa shape index (κ2) is 22.0. The molecule has 3 rings (SSSR count). The molecule has 0 aliphatic rings. The van der Waals surface area contributed by atoms with Crippen molar-refractivity contribution in [2.75, 3.05) is 67.2 Å². The fourth-order valence-corrected chi connectivity index (χ4v) is 4.98. The van der Waals surface area contributed by atoms with Gasteiger partial charge < -0.3 is 78.2 Å². The van der Waals surface area contributed by atoms with Crippen molar-refractivity contribution in [3.05, 3.63) is 101 Å². The van der Waals surface area contributed by atoms with Crippen LogP contribution in [-0.4, -0.2) is 94.5 Å². The molecule has 3 aromatic rings. The monoisotopic (exact) mass is 912 g/mol. The molecule has 0 aliphatic heterocycles. The molecule has 50 heavy (non-hydrogen) atoms. The van der Waals surface area contributed by atoms with Gasteiger partial charge in [-0.05, 0) is 65.9 Å². The van der Waals surface area contributed by atoms with Crippen molar-refractivity contribution < 1.29 is 76.1 Å². The number of Topliss-reactive ketones (excluding diaryl/α,β-unsaturated/α-hetero) is 1. The number of ketones is 1.